The average Bonchev–Trinajstić information content (AvgIpc) is 2.99. The van der Waals surface area contributed by atoms with Gasteiger partial charge in [0.2, 0.25) is 0 Å². The molecule has 1 fully saturated rings. The Kier molecular flexibility index (Phi) is 5.49. The van der Waals surface area contributed by atoms with Gasteiger partial charge in [-0.15, -0.1) is 0 Å². The number of likely N-dealkylation sites (N-methyl/N-ethyl adjacent to an activating group) is 1. The first kappa shape index (κ1) is 12.0. The number of nitrogens with one attached hydrogen (secondary N) is 1. The quantitative estimate of drug-likeness (QED) is 0.649. The lowest BCUT2D eigenvalue weighted by Gasteiger charge is -2.26. The smallest absolute Gasteiger partial charge is 0.0752 e. The van der Waals surface area contributed by atoms with Gasteiger partial charge in [-0.1, -0.05) is 26.7 Å². The maximum Gasteiger partial charge on any atom is 0.0752 e. The third-order valence-electron chi connectivity index (χ3n) is 3.09. The van der Waals surface area contributed by atoms with Crippen molar-refractivity contribution in [2.45, 2.75) is 58.1 Å². The molecule has 2 nitrogen and oxygen atoms in total. The second kappa shape index (κ2) is 6.41. The molecular formula is C12H25NO. The van der Waals surface area contributed by atoms with Gasteiger partial charge in [-0.3, -0.25) is 0 Å². The maximum atomic E-state index is 5.62. The lowest BCUT2D eigenvalue weighted by atomic mass is 10.0. The number of hydrogen-bond donors (Lipinski definition) is 1. The van der Waals surface area contributed by atoms with Crippen molar-refractivity contribution in [3.63, 3.8) is 0 Å². The van der Waals surface area contributed by atoms with Crippen LogP contribution in [-0.2, 0) is 4.74 Å². The molecular weight excluding hydrogens is 174 g/mol. The van der Waals surface area contributed by atoms with Crippen LogP contribution in [0.4, 0.5) is 0 Å². The summed E-state index contributed by atoms with van der Waals surface area (Å²) in [5.41, 5.74) is 0. The number of rotatable bonds is 8. The van der Waals surface area contributed by atoms with Gasteiger partial charge < -0.3 is 10.1 Å². The van der Waals surface area contributed by atoms with E-state index in [0.29, 0.717) is 12.1 Å². The molecule has 0 radical (unpaired) electrons. The minimum atomic E-state index is 0.460. The highest BCUT2D eigenvalue weighted by Gasteiger charge is 2.35. The summed E-state index contributed by atoms with van der Waals surface area (Å²) in [5.74, 6) is 0.834. The van der Waals surface area contributed by atoms with Crippen molar-refractivity contribution >= 4 is 0 Å². The van der Waals surface area contributed by atoms with E-state index in [0.717, 1.165) is 12.5 Å². The monoisotopic (exact) mass is 199 g/mol. The van der Waals surface area contributed by atoms with E-state index in [-0.39, 0.29) is 0 Å². The van der Waals surface area contributed by atoms with Crippen molar-refractivity contribution in [2.75, 3.05) is 13.7 Å². The van der Waals surface area contributed by atoms with Gasteiger partial charge in [0.1, 0.15) is 0 Å². The van der Waals surface area contributed by atoms with Crippen LogP contribution in [0.3, 0.4) is 0 Å². The summed E-state index contributed by atoms with van der Waals surface area (Å²) in [4.78, 5) is 0. The van der Waals surface area contributed by atoms with Gasteiger partial charge in [0.05, 0.1) is 6.10 Å². The molecule has 0 aromatic rings. The van der Waals surface area contributed by atoms with Crippen LogP contribution in [0.5, 0.6) is 0 Å². The molecule has 0 bridgehead atoms. The zero-order chi connectivity index (χ0) is 10.4. The summed E-state index contributed by atoms with van der Waals surface area (Å²) in [7, 11) is 1.86. The lowest BCUT2D eigenvalue weighted by molar-refractivity contribution is 0.0482. The molecule has 14 heavy (non-hydrogen) atoms. The van der Waals surface area contributed by atoms with Crippen molar-refractivity contribution in [3.05, 3.63) is 0 Å². The van der Waals surface area contributed by atoms with E-state index in [1.165, 1.54) is 32.1 Å². The van der Waals surface area contributed by atoms with E-state index in [1.807, 2.05) is 7.11 Å². The molecule has 0 aromatic heterocycles. The largest absolute Gasteiger partial charge is 0.380 e. The van der Waals surface area contributed by atoms with E-state index in [1.54, 1.807) is 0 Å². The van der Waals surface area contributed by atoms with Gasteiger partial charge in [-0.05, 0) is 31.7 Å². The molecule has 0 saturated heterocycles. The maximum absolute atomic E-state index is 5.62. The Morgan fingerprint density at radius 1 is 1.36 bits per heavy atom. The van der Waals surface area contributed by atoms with Gasteiger partial charge in [0.15, 0.2) is 0 Å². The van der Waals surface area contributed by atoms with Crippen LogP contribution in [0.25, 0.3) is 0 Å². The Morgan fingerprint density at radius 2 is 2.07 bits per heavy atom. The highest BCUT2D eigenvalue weighted by molar-refractivity contribution is 4.89. The Labute approximate surface area is 88.4 Å². The summed E-state index contributed by atoms with van der Waals surface area (Å²) in [5, 5.41) is 3.56. The summed E-state index contributed by atoms with van der Waals surface area (Å²) in [6.45, 7) is 5.49. The highest BCUT2D eigenvalue weighted by atomic mass is 16.5. The van der Waals surface area contributed by atoms with E-state index in [4.69, 9.17) is 4.74 Å². The van der Waals surface area contributed by atoms with Crippen LogP contribution in [0.1, 0.15) is 46.0 Å². The van der Waals surface area contributed by atoms with Crippen LogP contribution in [0, 0.1) is 5.92 Å². The molecule has 0 amide bonds. The normalized spacial score (nSPS) is 20.8. The second-order valence-corrected chi connectivity index (χ2v) is 4.34. The topological polar surface area (TPSA) is 21.3 Å². The third kappa shape index (κ3) is 3.58. The lowest BCUT2D eigenvalue weighted by Crippen LogP contribution is -2.42. The van der Waals surface area contributed by atoms with Crippen LogP contribution in [0.15, 0.2) is 0 Å². The van der Waals surface area contributed by atoms with E-state index < -0.39 is 0 Å². The van der Waals surface area contributed by atoms with Gasteiger partial charge in [0.25, 0.3) is 0 Å². The number of unbranched alkanes of at least 4 members (excludes halogenated alkanes) is 1. The van der Waals surface area contributed by atoms with E-state index in [9.17, 15) is 0 Å². The Balaban J connectivity index is 2.36. The van der Waals surface area contributed by atoms with E-state index >= 15 is 0 Å². The molecule has 0 spiro atoms. The van der Waals surface area contributed by atoms with Gasteiger partial charge in [-0.25, -0.2) is 0 Å². The van der Waals surface area contributed by atoms with Gasteiger partial charge in [0, 0.05) is 13.2 Å². The van der Waals surface area contributed by atoms with Crippen LogP contribution < -0.4 is 5.32 Å². The van der Waals surface area contributed by atoms with Crippen LogP contribution >= 0.6 is 0 Å². The molecule has 1 N–H and O–H groups in total. The summed E-state index contributed by atoms with van der Waals surface area (Å²) >= 11 is 0. The molecule has 0 aromatic carbocycles. The van der Waals surface area contributed by atoms with Gasteiger partial charge in [-0.2, -0.15) is 0 Å². The minimum absolute atomic E-state index is 0.460. The summed E-state index contributed by atoms with van der Waals surface area (Å²) in [6.07, 6.45) is 7.05. The number of methoxy groups -OCH3 is 1. The molecule has 2 heteroatoms. The zero-order valence-corrected chi connectivity index (χ0v) is 9.88. The van der Waals surface area contributed by atoms with Crippen molar-refractivity contribution in [1.82, 2.24) is 5.32 Å². The minimum Gasteiger partial charge on any atom is -0.380 e. The standard InChI is InChI=1S/C12H25NO/c1-4-6-7-11(13-5-2)12(14-3)10-8-9-10/h10-13H,4-9H2,1-3H3. The zero-order valence-electron chi connectivity index (χ0n) is 9.88. The molecule has 1 saturated carbocycles. The third-order valence-corrected chi connectivity index (χ3v) is 3.09. The summed E-state index contributed by atoms with van der Waals surface area (Å²) in [6, 6.07) is 0.581. The molecule has 2 unspecified atom stereocenters. The number of hydrogen-bond acceptors (Lipinski definition) is 2. The fraction of sp³-hybridized carbons (Fsp3) is 1.00. The highest BCUT2D eigenvalue weighted by Crippen LogP contribution is 2.36. The fourth-order valence-electron chi connectivity index (χ4n) is 2.18. The molecule has 0 heterocycles. The molecule has 1 aliphatic rings. The predicted molar refractivity (Wildman–Crippen MR) is 60.5 cm³/mol. The Hall–Kier alpha value is -0.0800. The SMILES string of the molecule is CCCCC(NCC)C(OC)C1CC1. The van der Waals surface area contributed by atoms with Crippen molar-refractivity contribution < 1.29 is 4.74 Å². The van der Waals surface area contributed by atoms with Crippen LogP contribution in [-0.4, -0.2) is 25.8 Å². The average molecular weight is 199 g/mol. The Bertz CT molecular complexity index is 145. The summed E-state index contributed by atoms with van der Waals surface area (Å²) < 4.78 is 5.62. The molecule has 1 rings (SSSR count). The Morgan fingerprint density at radius 3 is 2.50 bits per heavy atom. The van der Waals surface area contributed by atoms with Crippen LogP contribution in [0.2, 0.25) is 0 Å². The molecule has 2 atom stereocenters. The predicted octanol–water partition coefficient (Wildman–Crippen LogP) is 2.58. The molecule has 84 valence electrons. The first-order chi connectivity index (χ1) is 6.83. The van der Waals surface area contributed by atoms with Crippen molar-refractivity contribution in [1.29, 1.82) is 0 Å². The van der Waals surface area contributed by atoms with Crippen molar-refractivity contribution in [2.24, 2.45) is 5.92 Å². The molecule has 0 aliphatic heterocycles. The first-order valence-electron chi connectivity index (χ1n) is 6.09. The van der Waals surface area contributed by atoms with Crippen molar-refractivity contribution in [3.8, 4) is 0 Å². The first-order valence-corrected chi connectivity index (χ1v) is 6.09. The van der Waals surface area contributed by atoms with E-state index in [2.05, 4.69) is 19.2 Å². The second-order valence-electron chi connectivity index (χ2n) is 4.34. The fourth-order valence-corrected chi connectivity index (χ4v) is 2.18. The molecule has 1 aliphatic carbocycles. The van der Waals surface area contributed by atoms with Gasteiger partial charge >= 0.3 is 0 Å². The number of ether oxygens (including phenoxy) is 1.